The van der Waals surface area contributed by atoms with E-state index in [1.165, 1.54) is 0 Å². The van der Waals surface area contributed by atoms with Crippen molar-refractivity contribution in [3.05, 3.63) is 62.4 Å². The van der Waals surface area contributed by atoms with Crippen LogP contribution in [0.4, 0.5) is 18.9 Å². The quantitative estimate of drug-likeness (QED) is 0.400. The number of halogens is 5. The molecule has 3 nitrogen and oxygen atoms in total. The van der Waals surface area contributed by atoms with E-state index >= 15 is 0 Å². The van der Waals surface area contributed by atoms with E-state index < -0.39 is 39.5 Å². The third-order valence-electron chi connectivity index (χ3n) is 5.59. The summed E-state index contributed by atoms with van der Waals surface area (Å²) in [5.41, 5.74) is 0.801. The molecule has 0 aliphatic heterocycles. The zero-order chi connectivity index (χ0) is 22.0. The van der Waals surface area contributed by atoms with Crippen molar-refractivity contribution < 1.29 is 18.0 Å². The van der Waals surface area contributed by atoms with E-state index in [1.807, 2.05) is 25.1 Å². The fourth-order valence-corrected chi connectivity index (χ4v) is 4.18. The predicted octanol–water partition coefficient (Wildman–Crippen LogP) is 6.43. The summed E-state index contributed by atoms with van der Waals surface area (Å²) in [5, 5.41) is 5.92. The number of benzene rings is 2. The zero-order valence-electron chi connectivity index (χ0n) is 16.7. The van der Waals surface area contributed by atoms with Gasteiger partial charge in [-0.25, -0.2) is 13.2 Å². The minimum Gasteiger partial charge on any atom is -0.384 e. The molecule has 3 rings (SSSR count). The Bertz CT molecular complexity index is 931. The van der Waals surface area contributed by atoms with Crippen LogP contribution >= 0.6 is 23.2 Å². The van der Waals surface area contributed by atoms with Crippen LogP contribution in [0.15, 0.2) is 18.2 Å². The summed E-state index contributed by atoms with van der Waals surface area (Å²) < 4.78 is 41.7. The van der Waals surface area contributed by atoms with Crippen LogP contribution < -0.4 is 10.6 Å². The monoisotopic (exact) mass is 458 g/mol. The molecular formula is C22H23Cl2F3N2O. The molecule has 1 saturated carbocycles. The van der Waals surface area contributed by atoms with Gasteiger partial charge >= 0.3 is 0 Å². The fourth-order valence-electron chi connectivity index (χ4n) is 3.75. The van der Waals surface area contributed by atoms with Crippen LogP contribution in [0.2, 0.25) is 10.0 Å². The van der Waals surface area contributed by atoms with E-state index in [4.69, 9.17) is 23.2 Å². The van der Waals surface area contributed by atoms with Crippen molar-refractivity contribution in [2.24, 2.45) is 5.92 Å². The topological polar surface area (TPSA) is 41.1 Å². The van der Waals surface area contributed by atoms with Crippen LogP contribution in [-0.2, 0) is 0 Å². The van der Waals surface area contributed by atoms with Gasteiger partial charge in [0.25, 0.3) is 5.91 Å². The predicted molar refractivity (Wildman–Crippen MR) is 114 cm³/mol. The van der Waals surface area contributed by atoms with Crippen LogP contribution in [0.3, 0.4) is 0 Å². The van der Waals surface area contributed by atoms with E-state index in [2.05, 4.69) is 10.6 Å². The average Bonchev–Trinajstić information content (AvgIpc) is 2.72. The van der Waals surface area contributed by atoms with Gasteiger partial charge in [0.05, 0.1) is 21.3 Å². The van der Waals surface area contributed by atoms with Crippen LogP contribution in [0, 0.1) is 37.2 Å². The molecule has 8 heteroatoms. The number of aryl methyl sites for hydroxylation is 1. The van der Waals surface area contributed by atoms with Crippen molar-refractivity contribution in [3.8, 4) is 0 Å². The molecule has 2 N–H and O–H groups in total. The first-order chi connectivity index (χ1) is 14.2. The lowest BCUT2D eigenvalue weighted by Crippen LogP contribution is -2.39. The van der Waals surface area contributed by atoms with Crippen LogP contribution in [0.5, 0.6) is 0 Å². The number of carbonyl (C=O) groups excluding carboxylic acids is 1. The molecule has 0 bridgehead atoms. The molecule has 1 fully saturated rings. The molecule has 1 amide bonds. The second kappa shape index (κ2) is 9.48. The van der Waals surface area contributed by atoms with E-state index in [1.54, 1.807) is 0 Å². The number of nitrogens with one attached hydrogen (secondary N) is 2. The zero-order valence-corrected chi connectivity index (χ0v) is 18.2. The first kappa shape index (κ1) is 22.8. The van der Waals surface area contributed by atoms with Crippen molar-refractivity contribution in [1.29, 1.82) is 0 Å². The summed E-state index contributed by atoms with van der Waals surface area (Å²) >= 11 is 11.9. The van der Waals surface area contributed by atoms with Gasteiger partial charge in [0, 0.05) is 18.2 Å². The van der Waals surface area contributed by atoms with Gasteiger partial charge in [0.2, 0.25) is 0 Å². The first-order valence-corrected chi connectivity index (χ1v) is 10.6. The highest BCUT2D eigenvalue weighted by Crippen LogP contribution is 2.30. The molecule has 0 heterocycles. The normalized spacial score (nSPS) is 18.9. The molecule has 162 valence electrons. The number of rotatable bonds is 5. The Hall–Kier alpha value is -1.92. The summed E-state index contributed by atoms with van der Waals surface area (Å²) in [6.45, 7) is 3.82. The van der Waals surface area contributed by atoms with E-state index in [9.17, 15) is 18.0 Å². The highest BCUT2D eigenvalue weighted by molar-refractivity contribution is 6.34. The number of carbonyl (C=O) groups is 1. The molecule has 0 radical (unpaired) electrons. The molecule has 0 spiro atoms. The third-order valence-corrected chi connectivity index (χ3v) is 6.28. The van der Waals surface area contributed by atoms with Gasteiger partial charge < -0.3 is 10.6 Å². The molecular weight excluding hydrogens is 436 g/mol. The van der Waals surface area contributed by atoms with E-state index in [-0.39, 0.29) is 6.04 Å². The Labute approximate surface area is 183 Å². The second-order valence-corrected chi connectivity index (χ2v) is 8.60. The smallest absolute Gasteiger partial charge is 0.256 e. The summed E-state index contributed by atoms with van der Waals surface area (Å²) in [6.07, 6.45) is 3.10. The Morgan fingerprint density at radius 1 is 1.03 bits per heavy atom. The summed E-state index contributed by atoms with van der Waals surface area (Å²) in [5.74, 6) is -4.35. The number of hydrogen-bond donors (Lipinski definition) is 2. The molecule has 1 aliphatic carbocycles. The Morgan fingerprint density at radius 2 is 1.70 bits per heavy atom. The fraction of sp³-hybridized carbons (Fsp3) is 0.409. The van der Waals surface area contributed by atoms with Gasteiger partial charge in [0.1, 0.15) is 5.82 Å². The molecule has 0 aromatic heterocycles. The third kappa shape index (κ3) is 4.86. The minimum absolute atomic E-state index is 0.180. The highest BCUT2D eigenvalue weighted by atomic mass is 35.5. The van der Waals surface area contributed by atoms with Gasteiger partial charge in [-0.2, -0.15) is 0 Å². The SMILES string of the molecule is Cc1ccc(Cl)c(NCC2CCC(NC(=O)c3c(F)c(C)c(F)c(F)c3Cl)CC2)c1. The molecule has 0 unspecified atom stereocenters. The maximum absolute atomic E-state index is 14.3. The van der Waals surface area contributed by atoms with E-state index in [0.717, 1.165) is 37.6 Å². The van der Waals surface area contributed by atoms with Crippen molar-refractivity contribution >= 4 is 34.8 Å². The highest BCUT2D eigenvalue weighted by Gasteiger charge is 2.29. The maximum Gasteiger partial charge on any atom is 0.256 e. The van der Waals surface area contributed by atoms with Crippen LogP contribution in [-0.4, -0.2) is 18.5 Å². The van der Waals surface area contributed by atoms with Crippen molar-refractivity contribution in [2.75, 3.05) is 11.9 Å². The van der Waals surface area contributed by atoms with Crippen molar-refractivity contribution in [2.45, 2.75) is 45.6 Å². The van der Waals surface area contributed by atoms with Crippen molar-refractivity contribution in [1.82, 2.24) is 5.32 Å². The average molecular weight is 459 g/mol. The largest absolute Gasteiger partial charge is 0.384 e. The van der Waals surface area contributed by atoms with E-state index in [0.29, 0.717) is 23.8 Å². The number of amides is 1. The van der Waals surface area contributed by atoms with Gasteiger partial charge in [0.15, 0.2) is 11.6 Å². The number of anilines is 1. The lowest BCUT2D eigenvalue weighted by Gasteiger charge is -2.29. The molecule has 0 atom stereocenters. The second-order valence-electron chi connectivity index (χ2n) is 7.81. The maximum atomic E-state index is 14.3. The lowest BCUT2D eigenvalue weighted by molar-refractivity contribution is 0.0918. The van der Waals surface area contributed by atoms with Crippen LogP contribution in [0.1, 0.15) is 47.2 Å². The Balaban J connectivity index is 1.56. The number of hydrogen-bond acceptors (Lipinski definition) is 2. The molecule has 0 saturated heterocycles. The standard InChI is InChI=1S/C22H23Cl2F3N2O/c1-11-3-8-15(23)16(9-11)28-10-13-4-6-14(7-5-13)29-22(30)17-18(24)21(27)20(26)12(2)19(17)25/h3,8-9,13-14,28H,4-7,10H2,1-2H3,(H,29,30). The van der Waals surface area contributed by atoms with Gasteiger partial charge in [-0.3, -0.25) is 4.79 Å². The van der Waals surface area contributed by atoms with Crippen molar-refractivity contribution in [3.63, 3.8) is 0 Å². The van der Waals surface area contributed by atoms with Gasteiger partial charge in [-0.05, 0) is 63.1 Å². The molecule has 30 heavy (non-hydrogen) atoms. The lowest BCUT2D eigenvalue weighted by atomic mass is 9.85. The van der Waals surface area contributed by atoms with Crippen LogP contribution in [0.25, 0.3) is 0 Å². The molecule has 2 aromatic rings. The molecule has 2 aromatic carbocycles. The first-order valence-electron chi connectivity index (χ1n) is 9.82. The minimum atomic E-state index is -1.41. The summed E-state index contributed by atoms with van der Waals surface area (Å²) in [6, 6.07) is 5.62. The van der Waals surface area contributed by atoms with Gasteiger partial charge in [-0.1, -0.05) is 29.3 Å². The summed E-state index contributed by atoms with van der Waals surface area (Å²) in [7, 11) is 0. The molecule has 1 aliphatic rings. The summed E-state index contributed by atoms with van der Waals surface area (Å²) in [4.78, 5) is 12.5. The Kier molecular flexibility index (Phi) is 7.19. The Morgan fingerprint density at radius 3 is 2.37 bits per heavy atom. The van der Waals surface area contributed by atoms with Gasteiger partial charge in [-0.15, -0.1) is 0 Å².